The number of imidazole rings is 1. The summed E-state index contributed by atoms with van der Waals surface area (Å²) in [4.78, 5) is 18.5. The molecular weight excluding hydrogens is 178 g/mol. The van der Waals surface area contributed by atoms with Gasteiger partial charge in [0.15, 0.2) is 0 Å². The molecule has 0 saturated heterocycles. The first-order valence-corrected chi connectivity index (χ1v) is 4.87. The van der Waals surface area contributed by atoms with Crippen LogP contribution in [0.1, 0.15) is 26.6 Å². The van der Waals surface area contributed by atoms with E-state index in [-0.39, 0.29) is 11.8 Å². The smallest absolute Gasteiger partial charge is 0.223 e. The van der Waals surface area contributed by atoms with Crippen LogP contribution >= 0.6 is 0 Å². The first-order chi connectivity index (χ1) is 6.61. The molecule has 78 valence electrons. The Morgan fingerprint density at radius 2 is 2.29 bits per heavy atom. The Kier molecular flexibility index (Phi) is 3.68. The van der Waals surface area contributed by atoms with Crippen molar-refractivity contribution in [2.45, 2.75) is 27.3 Å². The minimum Gasteiger partial charge on any atom is -0.349 e. The van der Waals surface area contributed by atoms with Crippen LogP contribution in [0.15, 0.2) is 12.4 Å². The Bertz CT molecular complexity index is 280. The Morgan fingerprint density at radius 3 is 2.79 bits per heavy atom. The molecule has 0 spiro atoms. The molecule has 1 amide bonds. The second kappa shape index (κ2) is 4.79. The molecule has 1 aromatic heterocycles. The number of aromatic nitrogens is 2. The predicted molar refractivity (Wildman–Crippen MR) is 54.4 cm³/mol. The van der Waals surface area contributed by atoms with E-state index in [0.717, 1.165) is 5.82 Å². The zero-order chi connectivity index (χ0) is 10.6. The largest absolute Gasteiger partial charge is 0.349 e. The van der Waals surface area contributed by atoms with E-state index in [2.05, 4.69) is 15.3 Å². The van der Waals surface area contributed by atoms with E-state index in [1.54, 1.807) is 12.4 Å². The molecule has 4 heteroatoms. The second-order valence-corrected chi connectivity index (χ2v) is 3.79. The van der Waals surface area contributed by atoms with Gasteiger partial charge in [-0.3, -0.25) is 4.79 Å². The van der Waals surface area contributed by atoms with Crippen molar-refractivity contribution in [3.05, 3.63) is 18.2 Å². The van der Waals surface area contributed by atoms with Crippen LogP contribution in [0.2, 0.25) is 0 Å². The van der Waals surface area contributed by atoms with Crippen LogP contribution in [0.5, 0.6) is 0 Å². The quantitative estimate of drug-likeness (QED) is 0.761. The van der Waals surface area contributed by atoms with E-state index in [1.165, 1.54) is 0 Å². The van der Waals surface area contributed by atoms with E-state index >= 15 is 0 Å². The Labute approximate surface area is 84.1 Å². The van der Waals surface area contributed by atoms with Crippen molar-refractivity contribution in [3.8, 4) is 0 Å². The van der Waals surface area contributed by atoms with Crippen LogP contribution < -0.4 is 5.32 Å². The van der Waals surface area contributed by atoms with Crippen molar-refractivity contribution < 1.29 is 4.79 Å². The molecule has 1 atom stereocenters. The van der Waals surface area contributed by atoms with Gasteiger partial charge in [-0.05, 0) is 5.92 Å². The number of hydrogen-bond acceptors (Lipinski definition) is 2. The molecule has 4 nitrogen and oxygen atoms in total. The zero-order valence-electron chi connectivity index (χ0n) is 8.87. The molecular formula is C10H17N3O. The molecule has 0 aliphatic heterocycles. The molecule has 1 heterocycles. The van der Waals surface area contributed by atoms with Gasteiger partial charge in [-0.1, -0.05) is 20.8 Å². The van der Waals surface area contributed by atoms with Gasteiger partial charge in [0.1, 0.15) is 5.82 Å². The fourth-order valence-electron chi connectivity index (χ4n) is 1.03. The summed E-state index contributed by atoms with van der Waals surface area (Å²) < 4.78 is 0. The average Bonchev–Trinajstić information content (AvgIpc) is 2.65. The fraction of sp³-hybridized carbons (Fsp3) is 0.600. The van der Waals surface area contributed by atoms with Gasteiger partial charge in [0, 0.05) is 18.3 Å². The Hall–Kier alpha value is -1.32. The molecule has 14 heavy (non-hydrogen) atoms. The van der Waals surface area contributed by atoms with E-state index in [1.807, 2.05) is 20.8 Å². The maximum Gasteiger partial charge on any atom is 0.223 e. The molecule has 0 radical (unpaired) electrons. The molecule has 0 aromatic carbocycles. The van der Waals surface area contributed by atoms with Crippen molar-refractivity contribution >= 4 is 5.91 Å². The summed E-state index contributed by atoms with van der Waals surface area (Å²) in [5, 5.41) is 2.83. The van der Waals surface area contributed by atoms with Gasteiger partial charge < -0.3 is 10.3 Å². The van der Waals surface area contributed by atoms with Gasteiger partial charge in [-0.25, -0.2) is 4.98 Å². The lowest BCUT2D eigenvalue weighted by Crippen LogP contribution is -2.31. The van der Waals surface area contributed by atoms with Crippen LogP contribution in [0.3, 0.4) is 0 Å². The normalized spacial score (nSPS) is 12.9. The predicted octanol–water partition coefficient (Wildman–Crippen LogP) is 1.32. The van der Waals surface area contributed by atoms with Crippen molar-refractivity contribution in [3.63, 3.8) is 0 Å². The van der Waals surface area contributed by atoms with Gasteiger partial charge in [-0.15, -0.1) is 0 Å². The first kappa shape index (κ1) is 10.8. The SMILES string of the molecule is CC(C)C(C)C(=O)NCc1ncc[nH]1. The lowest BCUT2D eigenvalue weighted by molar-refractivity contribution is -0.125. The van der Waals surface area contributed by atoms with Crippen LogP contribution in [0.4, 0.5) is 0 Å². The highest BCUT2D eigenvalue weighted by Gasteiger charge is 2.15. The van der Waals surface area contributed by atoms with E-state index in [0.29, 0.717) is 12.5 Å². The van der Waals surface area contributed by atoms with Gasteiger partial charge >= 0.3 is 0 Å². The van der Waals surface area contributed by atoms with E-state index < -0.39 is 0 Å². The average molecular weight is 195 g/mol. The number of carbonyl (C=O) groups excluding carboxylic acids is 1. The van der Waals surface area contributed by atoms with Crippen LogP contribution in [0, 0.1) is 11.8 Å². The molecule has 2 N–H and O–H groups in total. The van der Waals surface area contributed by atoms with Gasteiger partial charge in [0.25, 0.3) is 0 Å². The van der Waals surface area contributed by atoms with Crippen LogP contribution in [0.25, 0.3) is 0 Å². The summed E-state index contributed by atoms with van der Waals surface area (Å²) in [5.74, 6) is 1.28. The molecule has 0 fully saturated rings. The lowest BCUT2D eigenvalue weighted by Gasteiger charge is -2.14. The Morgan fingerprint density at radius 1 is 1.57 bits per heavy atom. The maximum absolute atomic E-state index is 11.5. The number of carbonyl (C=O) groups is 1. The van der Waals surface area contributed by atoms with Crippen molar-refractivity contribution in [2.24, 2.45) is 11.8 Å². The Balaban J connectivity index is 2.35. The van der Waals surface area contributed by atoms with Crippen LogP contribution in [-0.4, -0.2) is 15.9 Å². The summed E-state index contributed by atoms with van der Waals surface area (Å²) in [5.41, 5.74) is 0. The van der Waals surface area contributed by atoms with Crippen molar-refractivity contribution in [1.29, 1.82) is 0 Å². The molecule has 0 aliphatic carbocycles. The highest BCUT2D eigenvalue weighted by molar-refractivity contribution is 5.78. The van der Waals surface area contributed by atoms with Crippen LogP contribution in [-0.2, 0) is 11.3 Å². The number of nitrogens with zero attached hydrogens (tertiary/aromatic N) is 1. The van der Waals surface area contributed by atoms with Gasteiger partial charge in [-0.2, -0.15) is 0 Å². The highest BCUT2D eigenvalue weighted by atomic mass is 16.1. The topological polar surface area (TPSA) is 57.8 Å². The summed E-state index contributed by atoms with van der Waals surface area (Å²) >= 11 is 0. The number of nitrogens with one attached hydrogen (secondary N) is 2. The second-order valence-electron chi connectivity index (χ2n) is 3.79. The minimum atomic E-state index is 0.0463. The number of H-pyrrole nitrogens is 1. The van der Waals surface area contributed by atoms with Gasteiger partial charge in [0.2, 0.25) is 5.91 Å². The van der Waals surface area contributed by atoms with E-state index in [4.69, 9.17) is 0 Å². The third-order valence-corrected chi connectivity index (χ3v) is 2.40. The first-order valence-electron chi connectivity index (χ1n) is 4.87. The van der Waals surface area contributed by atoms with Gasteiger partial charge in [0.05, 0.1) is 6.54 Å². The summed E-state index contributed by atoms with van der Waals surface area (Å²) in [6.45, 7) is 6.49. The zero-order valence-corrected chi connectivity index (χ0v) is 8.87. The molecule has 0 aliphatic rings. The standard InChI is InChI=1S/C10H17N3O/c1-7(2)8(3)10(14)13-6-9-11-4-5-12-9/h4-5,7-8H,6H2,1-3H3,(H,11,12)(H,13,14). The number of hydrogen-bond donors (Lipinski definition) is 2. The number of amides is 1. The third kappa shape index (κ3) is 2.87. The molecule has 1 aromatic rings. The summed E-state index contributed by atoms with van der Waals surface area (Å²) in [6, 6.07) is 0. The number of aromatic amines is 1. The number of rotatable bonds is 4. The molecule has 1 unspecified atom stereocenters. The third-order valence-electron chi connectivity index (χ3n) is 2.40. The monoisotopic (exact) mass is 195 g/mol. The fourth-order valence-corrected chi connectivity index (χ4v) is 1.03. The summed E-state index contributed by atoms with van der Waals surface area (Å²) in [6.07, 6.45) is 3.42. The van der Waals surface area contributed by atoms with E-state index in [9.17, 15) is 4.79 Å². The van der Waals surface area contributed by atoms with Crippen molar-refractivity contribution in [2.75, 3.05) is 0 Å². The highest BCUT2D eigenvalue weighted by Crippen LogP contribution is 2.09. The maximum atomic E-state index is 11.5. The van der Waals surface area contributed by atoms with Crippen molar-refractivity contribution in [1.82, 2.24) is 15.3 Å². The molecule has 0 saturated carbocycles. The lowest BCUT2D eigenvalue weighted by atomic mass is 9.97. The molecule has 1 rings (SSSR count). The summed E-state index contributed by atoms with van der Waals surface area (Å²) in [7, 11) is 0. The molecule has 0 bridgehead atoms. The minimum absolute atomic E-state index is 0.0463.